The summed E-state index contributed by atoms with van der Waals surface area (Å²) >= 11 is 0. The number of amides is 3. The van der Waals surface area contributed by atoms with Gasteiger partial charge in [-0.3, -0.25) is 24.5 Å². The molecule has 0 spiro atoms. The second kappa shape index (κ2) is 9.57. The van der Waals surface area contributed by atoms with Gasteiger partial charge in [0, 0.05) is 17.7 Å². The first-order valence-corrected chi connectivity index (χ1v) is 10.6. The van der Waals surface area contributed by atoms with Gasteiger partial charge in [-0.1, -0.05) is 6.07 Å². The van der Waals surface area contributed by atoms with Gasteiger partial charge in [0.05, 0.1) is 36.4 Å². The fourth-order valence-electron chi connectivity index (χ4n) is 3.80. The lowest BCUT2D eigenvalue weighted by atomic mass is 10.1. The largest absolute Gasteiger partial charge is 0.494 e. The maximum Gasteiger partial charge on any atom is 0.270 e. The predicted octanol–water partition coefficient (Wildman–Crippen LogP) is 3.56. The van der Waals surface area contributed by atoms with E-state index < -0.39 is 28.7 Å². The molecule has 2 aromatic carbocycles. The topological polar surface area (TPSA) is 123 Å². The molecule has 1 atom stereocenters. The third-order valence-corrected chi connectivity index (χ3v) is 5.38. The van der Waals surface area contributed by atoms with Crippen LogP contribution in [0.3, 0.4) is 0 Å². The number of rotatable bonds is 8. The molecule has 10 heteroatoms. The third-order valence-electron chi connectivity index (χ3n) is 5.38. The molecule has 1 unspecified atom stereocenters. The Labute approximate surface area is 194 Å². The summed E-state index contributed by atoms with van der Waals surface area (Å²) in [6.07, 6.45) is 1.20. The van der Waals surface area contributed by atoms with E-state index in [9.17, 15) is 24.5 Å². The normalized spacial score (nSPS) is 15.4. The molecule has 1 saturated heterocycles. The molecule has 10 nitrogen and oxygen atoms in total. The van der Waals surface area contributed by atoms with Gasteiger partial charge in [-0.05, 0) is 49.4 Å². The average Bonchev–Trinajstić information content (AvgIpc) is 3.45. The Hall–Kier alpha value is -4.47. The molecule has 4 rings (SSSR count). The standard InChI is InChI=1S/C24H21N3O7/c1-2-33-19-10-8-17(9-11-19)26-22(28)14-21(24(26)30)25(15-20-7-4-12-34-20)23(29)16-5-3-6-18(13-16)27(31)32/h3-13,21H,2,14-15H2,1H3. The first kappa shape index (κ1) is 22.7. The lowest BCUT2D eigenvalue weighted by Crippen LogP contribution is -2.45. The Morgan fingerprint density at radius 2 is 1.94 bits per heavy atom. The molecule has 0 aliphatic carbocycles. The number of furan rings is 1. The smallest absolute Gasteiger partial charge is 0.270 e. The summed E-state index contributed by atoms with van der Waals surface area (Å²) in [5, 5.41) is 11.2. The van der Waals surface area contributed by atoms with Gasteiger partial charge in [-0.2, -0.15) is 0 Å². The number of imide groups is 1. The van der Waals surface area contributed by atoms with Crippen LogP contribution in [-0.2, 0) is 16.1 Å². The molecule has 1 fully saturated rings. The Balaban J connectivity index is 1.65. The highest BCUT2D eigenvalue weighted by Crippen LogP contribution is 2.29. The number of non-ortho nitro benzene ring substituents is 1. The first-order chi connectivity index (χ1) is 16.4. The number of ether oxygens (including phenoxy) is 1. The summed E-state index contributed by atoms with van der Waals surface area (Å²) < 4.78 is 10.8. The van der Waals surface area contributed by atoms with Crippen LogP contribution in [0, 0.1) is 10.1 Å². The lowest BCUT2D eigenvalue weighted by Gasteiger charge is -2.27. The summed E-state index contributed by atoms with van der Waals surface area (Å²) in [7, 11) is 0. The molecule has 174 valence electrons. The average molecular weight is 463 g/mol. The Kier molecular flexibility index (Phi) is 6.39. The SMILES string of the molecule is CCOc1ccc(N2C(=O)CC(N(Cc3ccco3)C(=O)c3cccc([N+](=O)[O-])c3)C2=O)cc1. The van der Waals surface area contributed by atoms with E-state index >= 15 is 0 Å². The fraction of sp³-hybridized carbons (Fsp3) is 0.208. The molecule has 34 heavy (non-hydrogen) atoms. The maximum atomic E-state index is 13.4. The molecule has 1 aromatic heterocycles. The highest BCUT2D eigenvalue weighted by Gasteiger charge is 2.45. The van der Waals surface area contributed by atoms with E-state index in [1.165, 1.54) is 29.4 Å². The van der Waals surface area contributed by atoms with Gasteiger partial charge in [0.2, 0.25) is 5.91 Å². The van der Waals surface area contributed by atoms with Crippen molar-refractivity contribution in [3.05, 3.63) is 88.4 Å². The maximum absolute atomic E-state index is 13.4. The van der Waals surface area contributed by atoms with Crippen molar-refractivity contribution in [3.63, 3.8) is 0 Å². The molecule has 3 aromatic rings. The number of hydrogen-bond donors (Lipinski definition) is 0. The van der Waals surface area contributed by atoms with Crippen LogP contribution in [0.4, 0.5) is 11.4 Å². The fourth-order valence-corrected chi connectivity index (χ4v) is 3.80. The number of nitro benzene ring substituents is 1. The van der Waals surface area contributed by atoms with Crippen molar-refractivity contribution in [1.82, 2.24) is 4.90 Å². The van der Waals surface area contributed by atoms with Crippen molar-refractivity contribution >= 4 is 29.1 Å². The first-order valence-electron chi connectivity index (χ1n) is 10.6. The third kappa shape index (κ3) is 4.51. The van der Waals surface area contributed by atoms with Crippen molar-refractivity contribution in [1.29, 1.82) is 0 Å². The lowest BCUT2D eigenvalue weighted by molar-refractivity contribution is -0.384. The van der Waals surface area contributed by atoms with E-state index in [0.717, 1.165) is 11.0 Å². The molecule has 2 heterocycles. The van der Waals surface area contributed by atoms with Gasteiger partial charge in [0.25, 0.3) is 17.5 Å². The number of carbonyl (C=O) groups excluding carboxylic acids is 3. The van der Waals surface area contributed by atoms with Crippen LogP contribution in [-0.4, -0.2) is 40.2 Å². The number of anilines is 1. The van der Waals surface area contributed by atoms with Crippen LogP contribution in [0.1, 0.15) is 29.5 Å². The second-order valence-corrected chi connectivity index (χ2v) is 7.53. The Morgan fingerprint density at radius 1 is 1.18 bits per heavy atom. The highest BCUT2D eigenvalue weighted by molar-refractivity contribution is 6.23. The van der Waals surface area contributed by atoms with E-state index in [1.807, 2.05) is 6.92 Å². The van der Waals surface area contributed by atoms with Gasteiger partial charge < -0.3 is 14.1 Å². The van der Waals surface area contributed by atoms with Crippen LogP contribution in [0.25, 0.3) is 0 Å². The van der Waals surface area contributed by atoms with Crippen molar-refractivity contribution < 1.29 is 28.5 Å². The number of hydrogen-bond acceptors (Lipinski definition) is 7. The zero-order valence-electron chi connectivity index (χ0n) is 18.2. The minimum absolute atomic E-state index is 0.0283. The van der Waals surface area contributed by atoms with E-state index in [1.54, 1.807) is 36.4 Å². The quantitative estimate of drug-likeness (QED) is 0.284. The highest BCUT2D eigenvalue weighted by atomic mass is 16.6. The molecule has 0 bridgehead atoms. The summed E-state index contributed by atoms with van der Waals surface area (Å²) in [5.74, 6) is -0.657. The van der Waals surface area contributed by atoms with Gasteiger partial charge in [-0.25, -0.2) is 4.90 Å². The second-order valence-electron chi connectivity index (χ2n) is 7.53. The van der Waals surface area contributed by atoms with E-state index in [4.69, 9.17) is 9.15 Å². The molecule has 1 aliphatic heterocycles. The minimum Gasteiger partial charge on any atom is -0.494 e. The number of benzene rings is 2. The molecule has 0 saturated carbocycles. The molecule has 1 aliphatic rings. The summed E-state index contributed by atoms with van der Waals surface area (Å²) in [6, 6.07) is 13.9. The number of nitrogens with zero attached hydrogens (tertiary/aromatic N) is 3. The minimum atomic E-state index is -1.10. The van der Waals surface area contributed by atoms with Crippen LogP contribution in [0.5, 0.6) is 5.75 Å². The van der Waals surface area contributed by atoms with Gasteiger partial charge in [-0.15, -0.1) is 0 Å². The Morgan fingerprint density at radius 3 is 2.59 bits per heavy atom. The Bertz CT molecular complexity index is 1220. The molecule has 0 N–H and O–H groups in total. The summed E-state index contributed by atoms with van der Waals surface area (Å²) in [5.41, 5.74) is 0.135. The zero-order valence-corrected chi connectivity index (χ0v) is 18.2. The van der Waals surface area contributed by atoms with Gasteiger partial charge in [0.1, 0.15) is 17.6 Å². The van der Waals surface area contributed by atoms with E-state index in [-0.39, 0.29) is 24.2 Å². The zero-order chi connectivity index (χ0) is 24.2. The van der Waals surface area contributed by atoms with E-state index in [0.29, 0.717) is 23.8 Å². The van der Waals surface area contributed by atoms with Crippen LogP contribution >= 0.6 is 0 Å². The molecular weight excluding hydrogens is 442 g/mol. The predicted molar refractivity (Wildman–Crippen MR) is 120 cm³/mol. The van der Waals surface area contributed by atoms with Crippen molar-refractivity contribution in [2.24, 2.45) is 0 Å². The van der Waals surface area contributed by atoms with E-state index in [2.05, 4.69) is 0 Å². The summed E-state index contributed by atoms with van der Waals surface area (Å²) in [6.45, 7) is 2.23. The number of nitro groups is 1. The molecule has 0 radical (unpaired) electrons. The monoisotopic (exact) mass is 463 g/mol. The van der Waals surface area contributed by atoms with Crippen molar-refractivity contribution in [2.45, 2.75) is 25.9 Å². The van der Waals surface area contributed by atoms with Gasteiger partial charge in [0.15, 0.2) is 0 Å². The molecular formula is C24H21N3O7. The van der Waals surface area contributed by atoms with Crippen molar-refractivity contribution in [3.8, 4) is 5.75 Å². The van der Waals surface area contributed by atoms with Crippen LogP contribution < -0.4 is 9.64 Å². The van der Waals surface area contributed by atoms with Crippen LogP contribution in [0.2, 0.25) is 0 Å². The van der Waals surface area contributed by atoms with Crippen molar-refractivity contribution in [2.75, 3.05) is 11.5 Å². The molecule has 3 amide bonds. The van der Waals surface area contributed by atoms with Crippen LogP contribution in [0.15, 0.2) is 71.3 Å². The summed E-state index contributed by atoms with van der Waals surface area (Å²) in [4.78, 5) is 52.4. The number of carbonyl (C=O) groups is 3. The van der Waals surface area contributed by atoms with Gasteiger partial charge >= 0.3 is 0 Å².